The van der Waals surface area contributed by atoms with Crippen molar-refractivity contribution < 1.29 is 33.8 Å². The van der Waals surface area contributed by atoms with E-state index in [4.69, 9.17) is 26.7 Å². The quantitative estimate of drug-likeness (QED) is 0.0771. The molecule has 4 aromatic carbocycles. The lowest BCUT2D eigenvalue weighted by molar-refractivity contribution is -0.141. The average molecular weight is 836 g/mol. The van der Waals surface area contributed by atoms with Crippen molar-refractivity contribution >= 4 is 23.6 Å². The van der Waals surface area contributed by atoms with Crippen LogP contribution in [0.25, 0.3) is 22.3 Å². The number of nitrogens with two attached hydrogens (primary N) is 3. The molecule has 4 amide bonds. The maximum Gasteiger partial charge on any atom is 0.251 e. The number of aryl methyl sites for hydroxylation is 1. The first-order valence-corrected chi connectivity index (χ1v) is 21.1. The molecule has 1 aliphatic heterocycles. The second kappa shape index (κ2) is 22.7. The number of unbranched alkanes of at least 4 members (excludes halogenated alkanes) is 1. The van der Waals surface area contributed by atoms with E-state index >= 15 is 0 Å². The highest BCUT2D eigenvalue weighted by molar-refractivity contribution is 5.99. The van der Waals surface area contributed by atoms with Crippen LogP contribution in [-0.4, -0.2) is 98.3 Å². The van der Waals surface area contributed by atoms with Crippen molar-refractivity contribution in [1.82, 2.24) is 20.9 Å². The third-order valence-electron chi connectivity index (χ3n) is 10.7. The molecule has 0 saturated heterocycles. The van der Waals surface area contributed by atoms with Gasteiger partial charge in [0.05, 0.1) is 12.6 Å². The number of aliphatic hydroxyl groups excluding tert-OH is 1. The minimum Gasteiger partial charge on any atom is -0.492 e. The van der Waals surface area contributed by atoms with Gasteiger partial charge in [-0.1, -0.05) is 61.9 Å². The van der Waals surface area contributed by atoms with Crippen LogP contribution in [0.1, 0.15) is 72.6 Å². The molecule has 0 aliphatic carbocycles. The molecule has 0 saturated carbocycles. The maximum absolute atomic E-state index is 14.6. The van der Waals surface area contributed by atoms with Crippen molar-refractivity contribution in [2.45, 2.75) is 76.5 Å². The molecule has 4 aromatic rings. The van der Waals surface area contributed by atoms with E-state index in [1.165, 1.54) is 24.4 Å². The van der Waals surface area contributed by atoms with Gasteiger partial charge >= 0.3 is 0 Å². The van der Waals surface area contributed by atoms with Crippen LogP contribution in [-0.2, 0) is 27.2 Å². The van der Waals surface area contributed by atoms with Crippen LogP contribution < -0.4 is 42.6 Å². The molecule has 14 heteroatoms. The summed E-state index contributed by atoms with van der Waals surface area (Å²) in [4.78, 5) is 57.6. The normalized spacial score (nSPS) is 17.0. The van der Waals surface area contributed by atoms with E-state index in [0.29, 0.717) is 40.2 Å². The smallest absolute Gasteiger partial charge is 0.251 e. The fourth-order valence-corrected chi connectivity index (χ4v) is 7.37. The van der Waals surface area contributed by atoms with Gasteiger partial charge in [0, 0.05) is 36.8 Å². The SMILES string of the molecule is CCCCc1ccc(-c2ccc(C(=O)N[C@@H](CCCN)C(=O)N(C)[C@@H]3C(=O)N[C@@H](C)C(=O)N[C@H](CO)Cc4ccc(OCCN)c(c4)-c4cc3ccc4OCCN)cc2)cc1. The molecular weight excluding hydrogens is 775 g/mol. The van der Waals surface area contributed by atoms with E-state index in [-0.39, 0.29) is 52.3 Å². The summed E-state index contributed by atoms with van der Waals surface area (Å²) in [7, 11) is 1.49. The van der Waals surface area contributed by atoms with Crippen molar-refractivity contribution in [2.24, 2.45) is 17.2 Å². The van der Waals surface area contributed by atoms with E-state index in [0.717, 1.165) is 36.0 Å². The fraction of sp³-hybridized carbons (Fsp3) is 0.404. The molecule has 1 aliphatic rings. The standard InChI is InChI=1S/C47H61N7O7/c1-4-5-7-31-9-12-33(13-10-31)34-14-16-35(17-15-34)45(57)53-40(8-6-21-48)47(59)54(3)43-36-18-20-42(61-25-23-50)39(28-36)38-27-32(11-19-41(38)60-24-22-49)26-37(29-55)52-44(56)30(2)51-46(43)58/h9-20,27-28,30,37,40,43,55H,4-8,21-26,29,48-50H2,1-3H3,(H,51,58)(H,52,56)(H,53,57)/t30-,37-,40-,43-/m0/s1. The first-order chi connectivity index (χ1) is 29.5. The zero-order chi connectivity index (χ0) is 43.9. The van der Waals surface area contributed by atoms with Crippen molar-refractivity contribution in [1.29, 1.82) is 0 Å². The highest BCUT2D eigenvalue weighted by Crippen LogP contribution is 2.40. The predicted octanol–water partition coefficient (Wildman–Crippen LogP) is 3.61. The molecule has 61 heavy (non-hydrogen) atoms. The fourth-order valence-electron chi connectivity index (χ4n) is 7.37. The zero-order valence-corrected chi connectivity index (χ0v) is 35.5. The summed E-state index contributed by atoms with van der Waals surface area (Å²) in [6.45, 7) is 4.51. The highest BCUT2D eigenvalue weighted by atomic mass is 16.5. The first kappa shape index (κ1) is 46.3. The molecule has 0 fully saturated rings. The number of benzene rings is 4. The highest BCUT2D eigenvalue weighted by Gasteiger charge is 2.35. The Hall–Kier alpha value is -5.80. The van der Waals surface area contributed by atoms with Gasteiger partial charge in [-0.05, 0) is 110 Å². The number of nitrogens with one attached hydrogen (secondary N) is 3. The molecule has 0 radical (unpaired) electrons. The van der Waals surface area contributed by atoms with Gasteiger partial charge in [0.1, 0.15) is 42.8 Å². The summed E-state index contributed by atoms with van der Waals surface area (Å²) in [5.41, 5.74) is 23.5. The van der Waals surface area contributed by atoms with Crippen molar-refractivity contribution in [3.05, 3.63) is 107 Å². The Balaban J connectivity index is 1.51. The average Bonchev–Trinajstić information content (AvgIpc) is 3.27. The van der Waals surface area contributed by atoms with E-state index in [1.54, 1.807) is 36.4 Å². The lowest BCUT2D eigenvalue weighted by atomic mass is 9.93. The molecule has 326 valence electrons. The molecule has 4 bridgehead atoms. The lowest BCUT2D eigenvalue weighted by Gasteiger charge is -2.32. The van der Waals surface area contributed by atoms with Gasteiger partial charge in [-0.2, -0.15) is 0 Å². The van der Waals surface area contributed by atoms with Gasteiger partial charge in [0.25, 0.3) is 5.91 Å². The minimum absolute atomic E-state index is 0.195. The Morgan fingerprint density at radius 2 is 1.44 bits per heavy atom. The summed E-state index contributed by atoms with van der Waals surface area (Å²) in [5, 5.41) is 18.8. The largest absolute Gasteiger partial charge is 0.492 e. The number of hydrogen-bond donors (Lipinski definition) is 7. The van der Waals surface area contributed by atoms with Gasteiger partial charge in [-0.15, -0.1) is 0 Å². The molecule has 4 atom stereocenters. The molecule has 10 N–H and O–H groups in total. The Morgan fingerprint density at radius 1 is 0.820 bits per heavy atom. The van der Waals surface area contributed by atoms with Crippen LogP contribution in [0.5, 0.6) is 11.5 Å². The number of nitrogens with zero attached hydrogens (tertiary/aromatic N) is 1. The van der Waals surface area contributed by atoms with Crippen molar-refractivity contribution in [3.63, 3.8) is 0 Å². The first-order valence-electron chi connectivity index (χ1n) is 21.1. The summed E-state index contributed by atoms with van der Waals surface area (Å²) < 4.78 is 12.2. The van der Waals surface area contributed by atoms with E-state index in [9.17, 15) is 24.3 Å². The van der Waals surface area contributed by atoms with Crippen molar-refractivity contribution in [3.8, 4) is 33.8 Å². The van der Waals surface area contributed by atoms with Gasteiger partial charge in [0.15, 0.2) is 0 Å². The molecule has 14 nitrogen and oxygen atoms in total. The number of carbonyl (C=O) groups excluding carboxylic acids is 4. The maximum atomic E-state index is 14.6. The zero-order valence-electron chi connectivity index (χ0n) is 35.5. The second-order valence-corrected chi connectivity index (χ2v) is 15.4. The van der Waals surface area contributed by atoms with E-state index in [2.05, 4.69) is 47.1 Å². The number of ether oxygens (including phenoxy) is 2. The monoisotopic (exact) mass is 835 g/mol. The number of hydrogen-bond acceptors (Lipinski definition) is 10. The third kappa shape index (κ3) is 12.2. The van der Waals surface area contributed by atoms with Crippen LogP contribution in [0.15, 0.2) is 84.9 Å². The Kier molecular flexibility index (Phi) is 17.2. The lowest BCUT2D eigenvalue weighted by Crippen LogP contribution is -2.54. The number of fused-ring (bicyclic) bond motifs is 5. The van der Waals surface area contributed by atoms with Crippen LogP contribution in [0, 0.1) is 0 Å². The number of rotatable bonds is 18. The number of carbonyl (C=O) groups is 4. The van der Waals surface area contributed by atoms with Gasteiger partial charge < -0.3 is 52.6 Å². The molecule has 1 heterocycles. The van der Waals surface area contributed by atoms with Crippen LogP contribution in [0.4, 0.5) is 0 Å². The van der Waals surface area contributed by atoms with Crippen LogP contribution in [0.2, 0.25) is 0 Å². The number of amides is 4. The topological polar surface area (TPSA) is 224 Å². The van der Waals surface area contributed by atoms with Gasteiger partial charge in [-0.25, -0.2) is 0 Å². The number of likely N-dealkylation sites (N-methyl/N-ethyl adjacent to an activating group) is 1. The summed E-state index contributed by atoms with van der Waals surface area (Å²) in [6, 6.07) is 22.2. The molecule has 0 aromatic heterocycles. The Labute approximate surface area is 358 Å². The third-order valence-corrected chi connectivity index (χ3v) is 10.7. The van der Waals surface area contributed by atoms with Crippen LogP contribution in [0.3, 0.4) is 0 Å². The van der Waals surface area contributed by atoms with E-state index in [1.807, 2.05) is 24.3 Å². The van der Waals surface area contributed by atoms with Crippen molar-refractivity contribution in [2.75, 3.05) is 46.5 Å². The second-order valence-electron chi connectivity index (χ2n) is 15.4. The molecule has 0 unspecified atom stereocenters. The number of aliphatic hydroxyl groups is 1. The molecular formula is C47H61N7O7. The minimum atomic E-state index is -1.29. The summed E-state index contributed by atoms with van der Waals surface area (Å²) in [6.07, 6.45) is 4.18. The van der Waals surface area contributed by atoms with E-state index < -0.39 is 47.8 Å². The van der Waals surface area contributed by atoms with Gasteiger partial charge in [-0.3, -0.25) is 19.2 Å². The molecule has 5 rings (SSSR count). The predicted molar refractivity (Wildman–Crippen MR) is 237 cm³/mol. The summed E-state index contributed by atoms with van der Waals surface area (Å²) in [5.74, 6) is -1.24. The summed E-state index contributed by atoms with van der Waals surface area (Å²) >= 11 is 0. The molecule has 0 spiro atoms. The van der Waals surface area contributed by atoms with Crippen LogP contribution >= 0.6 is 0 Å². The van der Waals surface area contributed by atoms with Gasteiger partial charge in [0.2, 0.25) is 17.7 Å². The Morgan fingerprint density at radius 3 is 2.05 bits per heavy atom. The Bertz CT molecular complexity index is 2090.